The van der Waals surface area contributed by atoms with Gasteiger partial charge in [-0.1, -0.05) is 24.3 Å². The molecule has 3 N–H and O–H groups in total. The number of hydrogen-bond acceptors (Lipinski definition) is 5. The summed E-state index contributed by atoms with van der Waals surface area (Å²) < 4.78 is 0. The van der Waals surface area contributed by atoms with Crippen LogP contribution in [0.25, 0.3) is 11.3 Å². The van der Waals surface area contributed by atoms with Crippen LogP contribution in [0.1, 0.15) is 23.3 Å². The number of aromatic nitrogens is 1. The molecule has 4 rings (SSSR count). The highest BCUT2D eigenvalue weighted by atomic mass is 32.2. The highest BCUT2D eigenvalue weighted by Crippen LogP contribution is 2.41. The van der Waals surface area contributed by atoms with Gasteiger partial charge >= 0.3 is 0 Å². The minimum atomic E-state index is -0.346. The lowest BCUT2D eigenvalue weighted by molar-refractivity contribution is -0.117. The van der Waals surface area contributed by atoms with Gasteiger partial charge in [0.1, 0.15) is 0 Å². The minimum absolute atomic E-state index is 0.0225. The molecule has 4 nitrogen and oxygen atoms in total. The van der Waals surface area contributed by atoms with Gasteiger partial charge in [-0.2, -0.15) is 11.8 Å². The van der Waals surface area contributed by atoms with Crippen LogP contribution in [-0.4, -0.2) is 27.9 Å². The van der Waals surface area contributed by atoms with Crippen LogP contribution in [0, 0.1) is 0 Å². The fourth-order valence-corrected chi connectivity index (χ4v) is 5.42. The molecule has 1 aliphatic carbocycles. The number of hydrogen-bond donors (Lipinski definition) is 2. The van der Waals surface area contributed by atoms with E-state index in [9.17, 15) is 4.79 Å². The Balaban J connectivity index is 1.48. The van der Waals surface area contributed by atoms with Crippen LogP contribution in [0.15, 0.2) is 24.3 Å². The molecule has 2 aromatic rings. The van der Waals surface area contributed by atoms with Crippen molar-refractivity contribution in [2.24, 2.45) is 5.73 Å². The average molecular weight is 331 g/mol. The summed E-state index contributed by atoms with van der Waals surface area (Å²) >= 11 is 3.40. The van der Waals surface area contributed by atoms with Crippen molar-refractivity contribution in [1.82, 2.24) is 4.98 Å². The molecule has 1 aromatic carbocycles. The molecule has 0 radical (unpaired) electrons. The van der Waals surface area contributed by atoms with E-state index in [0.717, 1.165) is 30.0 Å². The summed E-state index contributed by atoms with van der Waals surface area (Å²) in [5, 5.41) is 3.63. The van der Waals surface area contributed by atoms with Crippen molar-refractivity contribution in [2.45, 2.75) is 24.8 Å². The SMILES string of the molecule is NC1(CC(=O)Nc2nc3c(s2)Cc2ccccc2-3)CCSC1. The predicted molar refractivity (Wildman–Crippen MR) is 92.5 cm³/mol. The topological polar surface area (TPSA) is 68.0 Å². The third kappa shape index (κ3) is 2.55. The van der Waals surface area contributed by atoms with E-state index in [-0.39, 0.29) is 11.4 Å². The van der Waals surface area contributed by atoms with Crippen molar-refractivity contribution in [3.8, 4) is 11.3 Å². The summed E-state index contributed by atoms with van der Waals surface area (Å²) in [5.41, 5.74) is 9.44. The number of rotatable bonds is 3. The summed E-state index contributed by atoms with van der Waals surface area (Å²) in [6.45, 7) is 0. The van der Waals surface area contributed by atoms with E-state index >= 15 is 0 Å². The number of nitrogens with zero attached hydrogens (tertiary/aromatic N) is 1. The molecule has 1 aromatic heterocycles. The number of fused-ring (bicyclic) bond motifs is 3. The van der Waals surface area contributed by atoms with E-state index in [0.29, 0.717) is 11.6 Å². The molecule has 1 atom stereocenters. The van der Waals surface area contributed by atoms with Gasteiger partial charge in [-0.3, -0.25) is 4.79 Å². The van der Waals surface area contributed by atoms with E-state index in [2.05, 4.69) is 28.5 Å². The van der Waals surface area contributed by atoms with Gasteiger partial charge in [0.15, 0.2) is 5.13 Å². The van der Waals surface area contributed by atoms with Crippen molar-refractivity contribution in [2.75, 3.05) is 16.8 Å². The Morgan fingerprint density at radius 1 is 1.41 bits per heavy atom. The highest BCUT2D eigenvalue weighted by molar-refractivity contribution is 7.99. The normalized spacial score (nSPS) is 22.4. The zero-order chi connectivity index (χ0) is 15.2. The summed E-state index contributed by atoms with van der Waals surface area (Å²) in [6, 6.07) is 8.31. The van der Waals surface area contributed by atoms with E-state index in [1.807, 2.05) is 17.8 Å². The first-order valence-electron chi connectivity index (χ1n) is 7.37. The van der Waals surface area contributed by atoms with Crippen molar-refractivity contribution >= 4 is 34.1 Å². The van der Waals surface area contributed by atoms with Crippen LogP contribution in [-0.2, 0) is 11.2 Å². The molecule has 0 bridgehead atoms. The van der Waals surface area contributed by atoms with Gasteiger partial charge in [0.05, 0.1) is 5.69 Å². The largest absolute Gasteiger partial charge is 0.324 e. The maximum Gasteiger partial charge on any atom is 0.228 e. The van der Waals surface area contributed by atoms with E-state index < -0.39 is 0 Å². The highest BCUT2D eigenvalue weighted by Gasteiger charge is 2.33. The van der Waals surface area contributed by atoms with Crippen molar-refractivity contribution in [1.29, 1.82) is 0 Å². The van der Waals surface area contributed by atoms with Gasteiger partial charge in [-0.05, 0) is 17.7 Å². The standard InChI is InChI=1S/C16H17N3OS2/c17-16(5-6-21-9-16)8-13(20)18-15-19-14-11-4-2-1-3-10(11)7-12(14)22-15/h1-4H,5-9,17H2,(H,18,19,20). The first-order chi connectivity index (χ1) is 10.6. The number of thioether (sulfide) groups is 1. The van der Waals surface area contributed by atoms with Crippen LogP contribution in [0.3, 0.4) is 0 Å². The van der Waals surface area contributed by atoms with E-state index in [1.165, 1.54) is 16.0 Å². The van der Waals surface area contributed by atoms with Crippen LogP contribution in [0.4, 0.5) is 5.13 Å². The molecule has 2 heterocycles. The van der Waals surface area contributed by atoms with Gasteiger partial charge in [-0.15, -0.1) is 11.3 Å². The van der Waals surface area contributed by atoms with Gasteiger partial charge < -0.3 is 11.1 Å². The fourth-order valence-electron chi connectivity index (χ4n) is 3.06. The summed E-state index contributed by atoms with van der Waals surface area (Å²) in [4.78, 5) is 18.1. The molecule has 22 heavy (non-hydrogen) atoms. The van der Waals surface area contributed by atoms with Crippen LogP contribution >= 0.6 is 23.1 Å². The molecule has 1 unspecified atom stereocenters. The fraction of sp³-hybridized carbons (Fsp3) is 0.375. The maximum absolute atomic E-state index is 12.2. The Kier molecular flexibility index (Phi) is 3.47. The Bertz CT molecular complexity index is 735. The summed E-state index contributed by atoms with van der Waals surface area (Å²) in [6.07, 6.45) is 2.20. The lowest BCUT2D eigenvalue weighted by atomic mass is 9.96. The molecule has 1 aliphatic heterocycles. The summed E-state index contributed by atoms with van der Waals surface area (Å²) in [7, 11) is 0. The number of carbonyl (C=O) groups excluding carboxylic acids is 1. The van der Waals surface area contributed by atoms with E-state index in [4.69, 9.17) is 5.73 Å². The molecule has 0 saturated carbocycles. The van der Waals surface area contributed by atoms with Gasteiger partial charge in [0, 0.05) is 34.6 Å². The van der Waals surface area contributed by atoms with E-state index in [1.54, 1.807) is 11.3 Å². The molecule has 1 fully saturated rings. The zero-order valence-electron chi connectivity index (χ0n) is 12.1. The van der Waals surface area contributed by atoms with Crippen LogP contribution in [0.2, 0.25) is 0 Å². The maximum atomic E-state index is 12.2. The van der Waals surface area contributed by atoms with Crippen molar-refractivity contribution in [3.05, 3.63) is 34.7 Å². The monoisotopic (exact) mass is 331 g/mol. The molecule has 114 valence electrons. The Morgan fingerprint density at radius 2 is 2.27 bits per heavy atom. The molecule has 2 aliphatic rings. The van der Waals surface area contributed by atoms with Crippen LogP contribution < -0.4 is 11.1 Å². The molecular weight excluding hydrogens is 314 g/mol. The second kappa shape index (κ2) is 5.37. The molecule has 1 saturated heterocycles. The number of anilines is 1. The second-order valence-electron chi connectivity index (χ2n) is 6.01. The first kappa shape index (κ1) is 14.2. The van der Waals surface area contributed by atoms with Crippen molar-refractivity contribution < 1.29 is 4.79 Å². The summed E-state index contributed by atoms with van der Waals surface area (Å²) in [5.74, 6) is 1.89. The molecular formula is C16H17N3OS2. The van der Waals surface area contributed by atoms with Gasteiger partial charge in [0.2, 0.25) is 5.91 Å². The quantitative estimate of drug-likeness (QED) is 0.774. The van der Waals surface area contributed by atoms with Crippen LogP contribution in [0.5, 0.6) is 0 Å². The number of carbonyl (C=O) groups is 1. The number of benzene rings is 1. The predicted octanol–water partition coefficient (Wildman–Crippen LogP) is 2.88. The molecule has 0 spiro atoms. The van der Waals surface area contributed by atoms with Crippen molar-refractivity contribution in [3.63, 3.8) is 0 Å². The second-order valence-corrected chi connectivity index (χ2v) is 8.20. The third-order valence-corrected chi connectivity index (χ3v) is 6.46. The number of nitrogens with two attached hydrogens (primary N) is 1. The lowest BCUT2D eigenvalue weighted by Crippen LogP contribution is -2.43. The van der Waals surface area contributed by atoms with Gasteiger partial charge in [0.25, 0.3) is 0 Å². The minimum Gasteiger partial charge on any atom is -0.324 e. The Hall–Kier alpha value is -1.37. The van der Waals surface area contributed by atoms with Gasteiger partial charge in [-0.25, -0.2) is 4.98 Å². The molecule has 1 amide bonds. The lowest BCUT2D eigenvalue weighted by Gasteiger charge is -2.21. The third-order valence-electron chi connectivity index (χ3n) is 4.21. The average Bonchev–Trinajstić information content (AvgIpc) is 3.13. The smallest absolute Gasteiger partial charge is 0.228 e. The number of thiazole rings is 1. The number of amides is 1. The number of nitrogens with one attached hydrogen (secondary N) is 1. The first-order valence-corrected chi connectivity index (χ1v) is 9.35. The molecule has 6 heteroatoms. The Labute approximate surface area is 137 Å². The zero-order valence-corrected chi connectivity index (χ0v) is 13.7. The Morgan fingerprint density at radius 3 is 3.09 bits per heavy atom.